The highest BCUT2D eigenvalue weighted by atomic mass is 19.1. The van der Waals surface area contributed by atoms with Crippen LogP contribution >= 0.6 is 0 Å². The monoisotopic (exact) mass is 298 g/mol. The maximum Gasteiger partial charge on any atom is 0.115 e. The fraction of sp³-hybridized carbons (Fsp3) is 0.278. The molecule has 1 N–H and O–H groups in total. The number of rotatable bonds is 5. The number of imidazole rings is 1. The lowest BCUT2D eigenvalue weighted by Gasteiger charge is -2.14. The molecule has 0 radical (unpaired) electrons. The van der Waals surface area contributed by atoms with Crippen molar-refractivity contribution in [1.29, 1.82) is 0 Å². The van der Waals surface area contributed by atoms with Gasteiger partial charge in [-0.3, -0.25) is 0 Å². The molecule has 3 nitrogen and oxygen atoms in total. The van der Waals surface area contributed by atoms with Gasteiger partial charge in [0.1, 0.15) is 12.5 Å². The molecule has 3 aromatic rings. The molecule has 0 aliphatic carbocycles. The zero-order valence-corrected chi connectivity index (χ0v) is 12.8. The van der Waals surface area contributed by atoms with Gasteiger partial charge in [0.15, 0.2) is 0 Å². The maximum absolute atomic E-state index is 12.7. The van der Waals surface area contributed by atoms with Crippen LogP contribution in [0.2, 0.25) is 0 Å². The van der Waals surface area contributed by atoms with Gasteiger partial charge in [-0.25, -0.2) is 9.37 Å². The third-order valence-electron chi connectivity index (χ3n) is 3.74. The Hall–Kier alpha value is -2.20. The Morgan fingerprint density at radius 2 is 2.00 bits per heavy atom. The zero-order valence-electron chi connectivity index (χ0n) is 12.8. The van der Waals surface area contributed by atoms with Gasteiger partial charge >= 0.3 is 0 Å². The van der Waals surface area contributed by atoms with E-state index in [0.29, 0.717) is 12.2 Å². The van der Waals surface area contributed by atoms with Crippen LogP contribution in [-0.2, 0) is 18.0 Å². The fourth-order valence-corrected chi connectivity index (χ4v) is 2.53. The average Bonchev–Trinajstić information content (AvgIpc) is 2.91. The molecule has 22 heavy (non-hydrogen) atoms. The normalized spacial score (nSPS) is 12.7. The molecule has 1 atom stereocenters. The first-order chi connectivity index (χ1) is 10.7. The summed E-state index contributed by atoms with van der Waals surface area (Å²) in [6.07, 6.45) is -0.0398. The van der Waals surface area contributed by atoms with Crippen LogP contribution < -0.4 is 0 Å². The second-order valence-electron chi connectivity index (χ2n) is 5.51. The van der Waals surface area contributed by atoms with Crippen LogP contribution in [0.3, 0.4) is 0 Å². The molecule has 0 fully saturated rings. The van der Waals surface area contributed by atoms with E-state index in [9.17, 15) is 4.39 Å². The first-order valence-electron chi connectivity index (χ1n) is 7.37. The third-order valence-corrected chi connectivity index (χ3v) is 3.74. The summed E-state index contributed by atoms with van der Waals surface area (Å²) in [7, 11) is 0. The van der Waals surface area contributed by atoms with Crippen LogP contribution in [0.4, 0.5) is 4.39 Å². The number of nitrogens with zero attached hydrogens (tertiary/aromatic N) is 1. The summed E-state index contributed by atoms with van der Waals surface area (Å²) in [5.74, 6) is 0.906. The van der Waals surface area contributed by atoms with E-state index in [0.717, 1.165) is 28.0 Å². The molecule has 1 unspecified atom stereocenters. The van der Waals surface area contributed by atoms with Crippen molar-refractivity contribution in [3.05, 3.63) is 65.0 Å². The van der Waals surface area contributed by atoms with Crippen molar-refractivity contribution in [2.24, 2.45) is 0 Å². The number of nitrogens with one attached hydrogen (secondary N) is 1. The molecule has 0 spiro atoms. The minimum atomic E-state index is -0.445. The van der Waals surface area contributed by atoms with E-state index >= 15 is 0 Å². The average molecular weight is 298 g/mol. The fourth-order valence-electron chi connectivity index (χ4n) is 2.53. The summed E-state index contributed by atoms with van der Waals surface area (Å²) in [6.45, 7) is 3.98. The van der Waals surface area contributed by atoms with E-state index in [-0.39, 0.29) is 6.10 Å². The first-order valence-corrected chi connectivity index (χ1v) is 7.37. The van der Waals surface area contributed by atoms with Crippen molar-refractivity contribution < 1.29 is 9.13 Å². The quantitative estimate of drug-likeness (QED) is 0.746. The lowest BCUT2D eigenvalue weighted by molar-refractivity contribution is 0.0526. The van der Waals surface area contributed by atoms with E-state index in [1.165, 1.54) is 0 Å². The van der Waals surface area contributed by atoms with Crippen molar-refractivity contribution in [2.45, 2.75) is 33.2 Å². The van der Waals surface area contributed by atoms with Crippen molar-refractivity contribution in [1.82, 2.24) is 9.97 Å². The SMILES string of the molecule is Cc1nc2ccc(C(C)OCc3cccc(CF)c3)cc2[nH]1. The van der Waals surface area contributed by atoms with Crippen molar-refractivity contribution in [2.75, 3.05) is 0 Å². The Balaban J connectivity index is 1.70. The van der Waals surface area contributed by atoms with E-state index in [2.05, 4.69) is 16.0 Å². The van der Waals surface area contributed by atoms with Gasteiger partial charge in [0, 0.05) is 0 Å². The number of ether oxygens (including phenoxy) is 1. The summed E-state index contributed by atoms with van der Waals surface area (Å²) < 4.78 is 18.6. The summed E-state index contributed by atoms with van der Waals surface area (Å²) in [5.41, 5.74) is 4.75. The summed E-state index contributed by atoms with van der Waals surface area (Å²) in [5, 5.41) is 0. The van der Waals surface area contributed by atoms with E-state index in [1.807, 2.05) is 44.2 Å². The largest absolute Gasteiger partial charge is 0.369 e. The zero-order chi connectivity index (χ0) is 15.5. The highest BCUT2D eigenvalue weighted by molar-refractivity contribution is 5.75. The Bertz CT molecular complexity index is 782. The molecule has 0 saturated carbocycles. The molecule has 3 rings (SSSR count). The van der Waals surface area contributed by atoms with Gasteiger partial charge in [0.25, 0.3) is 0 Å². The lowest BCUT2D eigenvalue weighted by Crippen LogP contribution is -2.01. The van der Waals surface area contributed by atoms with Crippen molar-refractivity contribution in [3.63, 3.8) is 0 Å². The number of hydrogen-bond donors (Lipinski definition) is 1. The van der Waals surface area contributed by atoms with Gasteiger partial charge in [0.05, 0.1) is 23.7 Å². The first kappa shape index (κ1) is 14.7. The van der Waals surface area contributed by atoms with Gasteiger partial charge in [-0.15, -0.1) is 0 Å². The van der Waals surface area contributed by atoms with E-state index in [4.69, 9.17) is 4.74 Å². The molecule has 0 amide bonds. The maximum atomic E-state index is 12.7. The predicted molar refractivity (Wildman–Crippen MR) is 85.3 cm³/mol. The number of hydrogen-bond acceptors (Lipinski definition) is 2. The standard InChI is InChI=1S/C18H19FN2O/c1-12(22-11-15-5-3-4-14(8-15)10-19)16-6-7-17-18(9-16)21-13(2)20-17/h3-9,12H,10-11H2,1-2H3,(H,20,21). The molecule has 114 valence electrons. The Morgan fingerprint density at radius 3 is 2.82 bits per heavy atom. The number of aryl methyl sites for hydroxylation is 1. The number of H-pyrrole nitrogens is 1. The molecule has 1 heterocycles. The lowest BCUT2D eigenvalue weighted by atomic mass is 10.1. The van der Waals surface area contributed by atoms with Gasteiger partial charge < -0.3 is 9.72 Å². The number of fused-ring (bicyclic) bond motifs is 1. The Kier molecular flexibility index (Phi) is 4.20. The van der Waals surface area contributed by atoms with Crippen LogP contribution in [-0.4, -0.2) is 9.97 Å². The number of alkyl halides is 1. The topological polar surface area (TPSA) is 37.9 Å². The van der Waals surface area contributed by atoms with Crippen LogP contribution in [0.1, 0.15) is 35.5 Å². The molecule has 0 aliphatic heterocycles. The van der Waals surface area contributed by atoms with Gasteiger partial charge in [-0.2, -0.15) is 0 Å². The number of benzene rings is 2. The van der Waals surface area contributed by atoms with Gasteiger partial charge in [0.2, 0.25) is 0 Å². The smallest absolute Gasteiger partial charge is 0.115 e. The number of halogens is 1. The van der Waals surface area contributed by atoms with Crippen LogP contribution in [0.15, 0.2) is 42.5 Å². The van der Waals surface area contributed by atoms with Crippen LogP contribution in [0.5, 0.6) is 0 Å². The molecule has 0 bridgehead atoms. The Labute approximate surface area is 129 Å². The van der Waals surface area contributed by atoms with Crippen LogP contribution in [0.25, 0.3) is 11.0 Å². The molecule has 2 aromatic carbocycles. The minimum Gasteiger partial charge on any atom is -0.369 e. The summed E-state index contributed by atoms with van der Waals surface area (Å²) in [4.78, 5) is 7.63. The Morgan fingerprint density at radius 1 is 1.18 bits per heavy atom. The van der Waals surface area contributed by atoms with E-state index in [1.54, 1.807) is 6.07 Å². The highest BCUT2D eigenvalue weighted by Gasteiger charge is 2.09. The summed E-state index contributed by atoms with van der Waals surface area (Å²) >= 11 is 0. The van der Waals surface area contributed by atoms with Crippen LogP contribution in [0, 0.1) is 6.92 Å². The second-order valence-corrected chi connectivity index (χ2v) is 5.51. The molecule has 0 saturated heterocycles. The number of aromatic amines is 1. The molecular weight excluding hydrogens is 279 g/mol. The van der Waals surface area contributed by atoms with Gasteiger partial charge in [-0.05, 0) is 42.7 Å². The summed E-state index contributed by atoms with van der Waals surface area (Å²) in [6, 6.07) is 13.5. The van der Waals surface area contributed by atoms with E-state index < -0.39 is 6.67 Å². The van der Waals surface area contributed by atoms with Crippen molar-refractivity contribution in [3.8, 4) is 0 Å². The van der Waals surface area contributed by atoms with Gasteiger partial charge in [-0.1, -0.05) is 30.3 Å². The second kappa shape index (κ2) is 6.28. The third kappa shape index (κ3) is 3.17. The predicted octanol–water partition coefficient (Wildman–Crippen LogP) is 4.62. The molecule has 1 aromatic heterocycles. The highest BCUT2D eigenvalue weighted by Crippen LogP contribution is 2.22. The van der Waals surface area contributed by atoms with Crippen molar-refractivity contribution >= 4 is 11.0 Å². The molecule has 4 heteroatoms. The molecular formula is C18H19FN2O. The molecule has 0 aliphatic rings. The number of aromatic nitrogens is 2. The minimum absolute atomic E-state index is 0.0398.